The first-order valence-electron chi connectivity index (χ1n) is 6.08. The van der Waals surface area contributed by atoms with E-state index in [-0.39, 0.29) is 13.2 Å². The molecule has 104 valence electrons. The normalized spacial score (nSPS) is 16.9. The first kappa shape index (κ1) is 14.3. The second kappa shape index (κ2) is 6.38. The van der Waals surface area contributed by atoms with Crippen LogP contribution in [-0.2, 0) is 14.3 Å². The number of benzene rings is 1. The predicted molar refractivity (Wildman–Crippen MR) is 75.8 cm³/mol. The second-order valence-electron chi connectivity index (χ2n) is 3.98. The van der Waals surface area contributed by atoms with Gasteiger partial charge >= 0.3 is 5.97 Å². The lowest BCUT2D eigenvalue weighted by Gasteiger charge is -2.10. The van der Waals surface area contributed by atoms with E-state index in [1.54, 1.807) is 13.0 Å². The van der Waals surface area contributed by atoms with E-state index in [0.29, 0.717) is 4.91 Å². The molecule has 1 saturated heterocycles. The molecule has 0 spiro atoms. The van der Waals surface area contributed by atoms with Gasteiger partial charge in [0.15, 0.2) is 0 Å². The number of carbonyl (C=O) groups is 3. The Labute approximate surface area is 120 Å². The average Bonchev–Trinajstić information content (AvgIpc) is 2.68. The van der Waals surface area contributed by atoms with E-state index >= 15 is 0 Å². The van der Waals surface area contributed by atoms with E-state index in [9.17, 15) is 14.4 Å². The van der Waals surface area contributed by atoms with Crippen molar-refractivity contribution in [2.75, 3.05) is 13.2 Å². The molecule has 1 heterocycles. The van der Waals surface area contributed by atoms with Gasteiger partial charge in [-0.1, -0.05) is 30.3 Å². The second-order valence-corrected chi connectivity index (χ2v) is 4.98. The van der Waals surface area contributed by atoms with Gasteiger partial charge in [-0.05, 0) is 30.3 Å². The highest BCUT2D eigenvalue weighted by atomic mass is 32.2. The Morgan fingerprint density at radius 1 is 1.30 bits per heavy atom. The summed E-state index contributed by atoms with van der Waals surface area (Å²) in [7, 11) is 0. The molecule has 6 heteroatoms. The van der Waals surface area contributed by atoms with Crippen LogP contribution in [0.4, 0.5) is 4.79 Å². The Bertz CT molecular complexity index is 568. The zero-order valence-electron chi connectivity index (χ0n) is 10.9. The molecule has 20 heavy (non-hydrogen) atoms. The third-order valence-electron chi connectivity index (χ3n) is 2.56. The highest BCUT2D eigenvalue weighted by Gasteiger charge is 2.36. The van der Waals surface area contributed by atoms with E-state index in [1.165, 1.54) is 0 Å². The maximum Gasteiger partial charge on any atom is 0.326 e. The molecule has 1 fully saturated rings. The summed E-state index contributed by atoms with van der Waals surface area (Å²) in [5.74, 6) is -1.05. The summed E-state index contributed by atoms with van der Waals surface area (Å²) in [6, 6.07) is 9.21. The van der Waals surface area contributed by atoms with Crippen LogP contribution in [0.15, 0.2) is 35.2 Å². The molecule has 0 N–H and O–H groups in total. The minimum Gasteiger partial charge on any atom is -0.465 e. The first-order chi connectivity index (χ1) is 9.61. The van der Waals surface area contributed by atoms with Crippen molar-refractivity contribution in [1.82, 2.24) is 4.90 Å². The fourth-order valence-corrected chi connectivity index (χ4v) is 2.51. The zero-order chi connectivity index (χ0) is 14.5. The lowest BCUT2D eigenvalue weighted by Crippen LogP contribution is -2.34. The van der Waals surface area contributed by atoms with E-state index < -0.39 is 17.1 Å². The van der Waals surface area contributed by atoms with Crippen molar-refractivity contribution in [1.29, 1.82) is 0 Å². The summed E-state index contributed by atoms with van der Waals surface area (Å²) in [6.07, 6.45) is 1.63. The smallest absolute Gasteiger partial charge is 0.326 e. The number of amides is 2. The summed E-state index contributed by atoms with van der Waals surface area (Å²) in [6.45, 7) is 1.54. The largest absolute Gasteiger partial charge is 0.465 e. The van der Waals surface area contributed by atoms with Gasteiger partial charge < -0.3 is 4.74 Å². The number of hydrogen-bond donors (Lipinski definition) is 0. The van der Waals surface area contributed by atoms with Crippen LogP contribution in [0.25, 0.3) is 6.08 Å². The van der Waals surface area contributed by atoms with Crippen molar-refractivity contribution in [2.45, 2.75) is 6.92 Å². The molecule has 0 radical (unpaired) electrons. The number of esters is 1. The van der Waals surface area contributed by atoms with Gasteiger partial charge in [-0.25, -0.2) is 0 Å². The number of imide groups is 1. The van der Waals surface area contributed by atoms with Crippen LogP contribution in [0.5, 0.6) is 0 Å². The molecule has 0 unspecified atom stereocenters. The summed E-state index contributed by atoms with van der Waals surface area (Å²) in [4.78, 5) is 36.4. The van der Waals surface area contributed by atoms with Gasteiger partial charge in [-0.2, -0.15) is 0 Å². The van der Waals surface area contributed by atoms with E-state index in [4.69, 9.17) is 4.74 Å². The molecule has 1 aromatic carbocycles. The molecule has 0 atom stereocenters. The maximum atomic E-state index is 12.1. The first-order valence-corrected chi connectivity index (χ1v) is 6.89. The molecular weight excluding hydrogens is 278 g/mol. The Morgan fingerprint density at radius 2 is 2.00 bits per heavy atom. The molecule has 5 nitrogen and oxygen atoms in total. The molecule has 0 saturated carbocycles. The van der Waals surface area contributed by atoms with Crippen molar-refractivity contribution >= 4 is 35.0 Å². The van der Waals surface area contributed by atoms with Crippen molar-refractivity contribution in [3.63, 3.8) is 0 Å². The molecule has 1 aliphatic rings. The van der Waals surface area contributed by atoms with Crippen molar-refractivity contribution < 1.29 is 19.1 Å². The highest BCUT2D eigenvalue weighted by Crippen LogP contribution is 2.31. The number of nitrogens with zero attached hydrogens (tertiary/aromatic N) is 1. The molecule has 1 aliphatic heterocycles. The lowest BCUT2D eigenvalue weighted by atomic mass is 10.2. The Morgan fingerprint density at radius 3 is 2.65 bits per heavy atom. The topological polar surface area (TPSA) is 63.7 Å². The minimum absolute atomic E-state index is 0.217. The van der Waals surface area contributed by atoms with Crippen LogP contribution >= 0.6 is 11.8 Å². The van der Waals surface area contributed by atoms with Gasteiger partial charge in [0.25, 0.3) is 11.1 Å². The maximum absolute atomic E-state index is 12.1. The monoisotopic (exact) mass is 291 g/mol. The molecule has 2 rings (SSSR count). The number of thioether (sulfide) groups is 1. The summed E-state index contributed by atoms with van der Waals surface area (Å²) < 4.78 is 4.74. The number of hydrogen-bond acceptors (Lipinski definition) is 5. The fourth-order valence-electron chi connectivity index (χ4n) is 1.67. The van der Waals surface area contributed by atoms with Gasteiger partial charge in [-0.3, -0.25) is 19.3 Å². The quantitative estimate of drug-likeness (QED) is 0.629. The number of carbonyl (C=O) groups excluding carboxylic acids is 3. The Kier molecular flexibility index (Phi) is 4.57. The van der Waals surface area contributed by atoms with Crippen molar-refractivity contribution in [3.05, 3.63) is 40.8 Å². The summed E-state index contributed by atoms with van der Waals surface area (Å²) in [5, 5.41) is -0.453. The van der Waals surface area contributed by atoms with Gasteiger partial charge in [0, 0.05) is 0 Å². The molecule has 0 aromatic heterocycles. The van der Waals surface area contributed by atoms with Crippen LogP contribution in [-0.4, -0.2) is 35.2 Å². The van der Waals surface area contributed by atoms with E-state index in [0.717, 1.165) is 22.2 Å². The highest BCUT2D eigenvalue weighted by molar-refractivity contribution is 8.18. The molecule has 1 aromatic rings. The van der Waals surface area contributed by atoms with Gasteiger partial charge in [-0.15, -0.1) is 0 Å². The fraction of sp³-hybridized carbons (Fsp3) is 0.214. The third kappa shape index (κ3) is 3.27. The van der Waals surface area contributed by atoms with E-state index in [2.05, 4.69) is 0 Å². The van der Waals surface area contributed by atoms with Crippen LogP contribution in [0, 0.1) is 0 Å². The molecule has 0 aliphatic carbocycles. The van der Waals surface area contributed by atoms with Crippen molar-refractivity contribution in [2.24, 2.45) is 0 Å². The SMILES string of the molecule is CCOC(=O)CN1C(=O)S/C(=C/c2ccccc2)C1=O. The van der Waals surface area contributed by atoms with Crippen molar-refractivity contribution in [3.8, 4) is 0 Å². The minimum atomic E-state index is -0.587. The van der Waals surface area contributed by atoms with Crippen LogP contribution in [0.1, 0.15) is 12.5 Å². The lowest BCUT2D eigenvalue weighted by molar-refractivity contribution is -0.145. The predicted octanol–water partition coefficient (Wildman–Crippen LogP) is 2.29. The van der Waals surface area contributed by atoms with Crippen LogP contribution in [0.3, 0.4) is 0 Å². The summed E-state index contributed by atoms with van der Waals surface area (Å²) >= 11 is 0.827. The zero-order valence-corrected chi connectivity index (χ0v) is 11.7. The molecular formula is C14H13NO4S. The Hall–Kier alpha value is -2.08. The third-order valence-corrected chi connectivity index (χ3v) is 3.47. The summed E-state index contributed by atoms with van der Waals surface area (Å²) in [5.41, 5.74) is 0.828. The van der Waals surface area contributed by atoms with Gasteiger partial charge in [0.2, 0.25) is 0 Å². The molecule has 2 amide bonds. The van der Waals surface area contributed by atoms with Crippen LogP contribution < -0.4 is 0 Å². The number of ether oxygens (including phenoxy) is 1. The van der Waals surface area contributed by atoms with Gasteiger partial charge in [0.1, 0.15) is 6.54 Å². The van der Waals surface area contributed by atoms with Gasteiger partial charge in [0.05, 0.1) is 11.5 Å². The van der Waals surface area contributed by atoms with Crippen LogP contribution in [0.2, 0.25) is 0 Å². The number of rotatable bonds is 4. The van der Waals surface area contributed by atoms with E-state index in [1.807, 2.05) is 30.3 Å². The standard InChI is InChI=1S/C14H13NO4S/c1-2-19-12(16)9-15-13(17)11(20-14(15)18)8-10-6-4-3-5-7-10/h3-8H,2,9H2,1H3/b11-8+. The molecule has 0 bridgehead atoms. The Balaban J connectivity index is 2.13. The average molecular weight is 291 g/mol.